The molecular weight excluding hydrogens is 308 g/mol. The topological polar surface area (TPSA) is 196 Å². The minimum atomic E-state index is -3.01. The second-order valence-electron chi connectivity index (χ2n) is 4.66. The molecule has 5 N–H and O–H groups in total. The van der Waals surface area contributed by atoms with Gasteiger partial charge in [0.15, 0.2) is 5.60 Å². The Morgan fingerprint density at radius 1 is 0.818 bits per heavy atom. The standard InChI is InChI=1S/C11H14O11/c1-10(8(17)18,2-5(12)13)22-7(16)4-11(21,9(19)20)3-6(14)15/h21H,2-4H2,1H3,(H,12,13)(H,14,15)(H,17,18)(H,19,20). The first kappa shape index (κ1) is 19.3. The molecule has 0 aliphatic heterocycles. The van der Waals surface area contributed by atoms with E-state index >= 15 is 0 Å². The van der Waals surface area contributed by atoms with Crippen LogP contribution in [0, 0.1) is 0 Å². The molecule has 11 heteroatoms. The van der Waals surface area contributed by atoms with Gasteiger partial charge in [-0.2, -0.15) is 0 Å². The van der Waals surface area contributed by atoms with Crippen molar-refractivity contribution >= 4 is 29.8 Å². The van der Waals surface area contributed by atoms with Crippen LogP contribution < -0.4 is 0 Å². The zero-order valence-electron chi connectivity index (χ0n) is 11.3. The van der Waals surface area contributed by atoms with E-state index in [1.165, 1.54) is 0 Å². The quantitative estimate of drug-likeness (QED) is 0.311. The van der Waals surface area contributed by atoms with Crippen molar-refractivity contribution in [2.45, 2.75) is 37.4 Å². The molecular formula is C11H14O11. The predicted octanol–water partition coefficient (Wildman–Crippen LogP) is -1.47. The van der Waals surface area contributed by atoms with Gasteiger partial charge in [0.1, 0.15) is 0 Å². The molecule has 2 atom stereocenters. The van der Waals surface area contributed by atoms with Crippen molar-refractivity contribution in [1.29, 1.82) is 0 Å². The Morgan fingerprint density at radius 2 is 1.27 bits per heavy atom. The van der Waals surface area contributed by atoms with Crippen molar-refractivity contribution in [3.05, 3.63) is 0 Å². The normalized spacial score (nSPS) is 15.9. The van der Waals surface area contributed by atoms with E-state index in [0.717, 1.165) is 6.92 Å². The Balaban J connectivity index is 5.17. The van der Waals surface area contributed by atoms with E-state index in [-0.39, 0.29) is 0 Å². The predicted molar refractivity (Wildman–Crippen MR) is 63.8 cm³/mol. The summed E-state index contributed by atoms with van der Waals surface area (Å²) in [6.45, 7) is 0.762. The van der Waals surface area contributed by atoms with Gasteiger partial charge in [0.25, 0.3) is 0 Å². The average Bonchev–Trinajstić information content (AvgIpc) is 2.24. The molecule has 0 saturated carbocycles. The molecule has 0 aromatic carbocycles. The number of esters is 1. The molecule has 0 radical (unpaired) electrons. The SMILES string of the molecule is CC(CC(=O)O)(OC(=O)CC(O)(CC(=O)O)C(=O)O)C(=O)O. The van der Waals surface area contributed by atoms with Crippen LogP contribution in [-0.4, -0.2) is 66.6 Å². The first-order valence-corrected chi connectivity index (χ1v) is 5.67. The molecule has 0 aliphatic carbocycles. The molecule has 0 rings (SSSR count). The maximum atomic E-state index is 11.6. The molecule has 0 aromatic rings. The number of carboxylic acid groups (broad SMARTS) is 4. The molecule has 0 fully saturated rings. The second-order valence-corrected chi connectivity index (χ2v) is 4.66. The number of hydrogen-bond donors (Lipinski definition) is 5. The van der Waals surface area contributed by atoms with Crippen LogP contribution in [0.5, 0.6) is 0 Å². The fourth-order valence-electron chi connectivity index (χ4n) is 1.43. The Morgan fingerprint density at radius 3 is 1.59 bits per heavy atom. The van der Waals surface area contributed by atoms with Crippen LogP contribution in [0.25, 0.3) is 0 Å². The van der Waals surface area contributed by atoms with Gasteiger partial charge >= 0.3 is 29.8 Å². The zero-order chi connectivity index (χ0) is 17.7. The first-order chi connectivity index (χ1) is 9.82. The lowest BCUT2D eigenvalue weighted by Gasteiger charge is -2.26. The van der Waals surface area contributed by atoms with E-state index < -0.39 is 60.3 Å². The third-order valence-corrected chi connectivity index (χ3v) is 2.56. The minimum absolute atomic E-state index is 0.762. The monoisotopic (exact) mass is 322 g/mol. The molecule has 0 amide bonds. The van der Waals surface area contributed by atoms with Gasteiger partial charge in [0.05, 0.1) is 19.3 Å². The van der Waals surface area contributed by atoms with E-state index in [4.69, 9.17) is 20.4 Å². The summed E-state index contributed by atoms with van der Waals surface area (Å²) in [5.41, 5.74) is -5.50. The van der Waals surface area contributed by atoms with Crippen molar-refractivity contribution < 1.29 is 54.2 Å². The van der Waals surface area contributed by atoms with Crippen LogP contribution in [-0.2, 0) is 28.7 Å². The number of rotatable bonds is 9. The van der Waals surface area contributed by atoms with Crippen LogP contribution in [0.1, 0.15) is 26.2 Å². The van der Waals surface area contributed by atoms with E-state index in [1.807, 2.05) is 0 Å². The third-order valence-electron chi connectivity index (χ3n) is 2.56. The Hall–Kier alpha value is -2.69. The average molecular weight is 322 g/mol. The molecule has 0 aromatic heterocycles. The summed E-state index contributed by atoms with van der Waals surface area (Å²) in [6.07, 6.45) is -3.81. The first-order valence-electron chi connectivity index (χ1n) is 5.67. The van der Waals surface area contributed by atoms with Crippen LogP contribution in [0.4, 0.5) is 0 Å². The Bertz CT molecular complexity index is 466. The van der Waals surface area contributed by atoms with Crippen LogP contribution in [0.15, 0.2) is 0 Å². The number of carbonyl (C=O) groups excluding carboxylic acids is 1. The highest BCUT2D eigenvalue weighted by Gasteiger charge is 2.45. The highest BCUT2D eigenvalue weighted by Crippen LogP contribution is 2.22. The summed E-state index contributed by atoms with van der Waals surface area (Å²) < 4.78 is 4.40. The van der Waals surface area contributed by atoms with Gasteiger partial charge in [0.2, 0.25) is 5.60 Å². The number of carbonyl (C=O) groups is 5. The van der Waals surface area contributed by atoms with E-state index in [9.17, 15) is 29.1 Å². The molecule has 0 heterocycles. The molecule has 2 unspecified atom stereocenters. The lowest BCUT2D eigenvalue weighted by atomic mass is 9.95. The number of carboxylic acids is 4. The van der Waals surface area contributed by atoms with Crippen LogP contribution in [0.3, 0.4) is 0 Å². The molecule has 0 bridgehead atoms. The van der Waals surface area contributed by atoms with Crippen molar-refractivity contribution in [2.75, 3.05) is 0 Å². The van der Waals surface area contributed by atoms with Gasteiger partial charge in [-0.1, -0.05) is 0 Å². The summed E-state index contributed by atoms with van der Waals surface area (Å²) >= 11 is 0. The third kappa shape index (κ3) is 5.36. The largest absolute Gasteiger partial charge is 0.481 e. The minimum Gasteiger partial charge on any atom is -0.481 e. The Kier molecular flexibility index (Phi) is 6.01. The zero-order valence-corrected chi connectivity index (χ0v) is 11.3. The van der Waals surface area contributed by atoms with Crippen molar-refractivity contribution in [1.82, 2.24) is 0 Å². The molecule has 124 valence electrons. The summed E-state index contributed by atoms with van der Waals surface area (Å²) in [5, 5.41) is 44.3. The van der Waals surface area contributed by atoms with Gasteiger partial charge in [-0.3, -0.25) is 14.4 Å². The number of ether oxygens (including phenoxy) is 1. The van der Waals surface area contributed by atoms with Crippen molar-refractivity contribution in [2.24, 2.45) is 0 Å². The highest BCUT2D eigenvalue weighted by atomic mass is 16.6. The molecule has 0 saturated heterocycles. The summed E-state index contributed by atoms with van der Waals surface area (Å²) in [7, 11) is 0. The summed E-state index contributed by atoms with van der Waals surface area (Å²) in [6, 6.07) is 0. The van der Waals surface area contributed by atoms with Gasteiger partial charge in [-0.25, -0.2) is 9.59 Å². The lowest BCUT2D eigenvalue weighted by Crippen LogP contribution is -2.47. The fourth-order valence-corrected chi connectivity index (χ4v) is 1.43. The summed E-state index contributed by atoms with van der Waals surface area (Å²) in [5.74, 6) is -8.72. The van der Waals surface area contributed by atoms with Crippen molar-refractivity contribution in [3.8, 4) is 0 Å². The van der Waals surface area contributed by atoms with Crippen LogP contribution in [0.2, 0.25) is 0 Å². The van der Waals surface area contributed by atoms with Gasteiger partial charge in [0, 0.05) is 0 Å². The maximum Gasteiger partial charge on any atom is 0.348 e. The lowest BCUT2D eigenvalue weighted by molar-refractivity contribution is -0.186. The highest BCUT2D eigenvalue weighted by molar-refractivity contribution is 5.90. The van der Waals surface area contributed by atoms with Crippen LogP contribution >= 0.6 is 0 Å². The van der Waals surface area contributed by atoms with Gasteiger partial charge in [-0.05, 0) is 6.92 Å². The van der Waals surface area contributed by atoms with Crippen molar-refractivity contribution in [3.63, 3.8) is 0 Å². The Labute approximate surface area is 122 Å². The second kappa shape index (κ2) is 6.85. The van der Waals surface area contributed by atoms with Gasteiger partial charge < -0.3 is 30.3 Å². The molecule has 0 aliphatic rings. The van der Waals surface area contributed by atoms with E-state index in [0.29, 0.717) is 0 Å². The number of hydrogen-bond acceptors (Lipinski definition) is 7. The van der Waals surface area contributed by atoms with E-state index in [2.05, 4.69) is 4.74 Å². The fraction of sp³-hybridized carbons (Fsp3) is 0.545. The summed E-state index contributed by atoms with van der Waals surface area (Å²) in [4.78, 5) is 54.4. The number of aliphatic carboxylic acids is 4. The smallest absolute Gasteiger partial charge is 0.348 e. The van der Waals surface area contributed by atoms with E-state index in [1.54, 1.807) is 0 Å². The number of aliphatic hydroxyl groups is 1. The molecule has 0 spiro atoms. The molecule has 11 nitrogen and oxygen atoms in total. The van der Waals surface area contributed by atoms with Gasteiger partial charge in [-0.15, -0.1) is 0 Å². The molecule has 22 heavy (non-hydrogen) atoms. The maximum absolute atomic E-state index is 11.6.